The van der Waals surface area contributed by atoms with Gasteiger partial charge in [-0.1, -0.05) is 30.3 Å². The summed E-state index contributed by atoms with van der Waals surface area (Å²) in [6.07, 6.45) is 3.56. The minimum absolute atomic E-state index is 0.0177. The lowest BCUT2D eigenvalue weighted by atomic mass is 10.1. The van der Waals surface area contributed by atoms with Crippen molar-refractivity contribution in [2.24, 2.45) is 0 Å². The quantitative estimate of drug-likeness (QED) is 0.522. The SMILES string of the molecule is COc1ccc(C(=O)Nc2nccnc2C(=O)NC2CCN(C(=O)OCc3ccccc3)CC2)cc1. The summed E-state index contributed by atoms with van der Waals surface area (Å²) in [6, 6.07) is 15.9. The number of methoxy groups -OCH3 is 1. The molecule has 2 N–H and O–H groups in total. The van der Waals surface area contributed by atoms with Crippen molar-refractivity contribution >= 4 is 23.7 Å². The normalized spacial score (nSPS) is 13.5. The number of carbonyl (C=O) groups is 3. The highest BCUT2D eigenvalue weighted by Crippen LogP contribution is 2.17. The van der Waals surface area contributed by atoms with Crippen LogP contribution in [0.3, 0.4) is 0 Å². The lowest BCUT2D eigenvalue weighted by molar-refractivity contribution is 0.0807. The van der Waals surface area contributed by atoms with E-state index in [1.54, 1.807) is 36.3 Å². The highest BCUT2D eigenvalue weighted by Gasteiger charge is 2.26. The van der Waals surface area contributed by atoms with Gasteiger partial charge < -0.3 is 25.0 Å². The number of carbonyl (C=O) groups excluding carboxylic acids is 3. The number of ether oxygens (including phenoxy) is 2. The molecule has 2 heterocycles. The Morgan fingerprint density at radius 1 is 0.944 bits per heavy atom. The summed E-state index contributed by atoms with van der Waals surface area (Å²) in [7, 11) is 1.54. The van der Waals surface area contributed by atoms with E-state index in [0.29, 0.717) is 37.2 Å². The van der Waals surface area contributed by atoms with Crippen molar-refractivity contribution in [3.05, 3.63) is 83.8 Å². The van der Waals surface area contributed by atoms with Gasteiger partial charge in [-0.05, 0) is 42.7 Å². The average Bonchev–Trinajstić information content (AvgIpc) is 2.93. The molecule has 0 unspecified atom stereocenters. The van der Waals surface area contributed by atoms with E-state index in [-0.39, 0.29) is 30.3 Å². The maximum Gasteiger partial charge on any atom is 0.410 e. The number of likely N-dealkylation sites (tertiary alicyclic amines) is 1. The number of aromatic nitrogens is 2. The predicted molar refractivity (Wildman–Crippen MR) is 132 cm³/mol. The van der Waals surface area contributed by atoms with E-state index in [4.69, 9.17) is 9.47 Å². The van der Waals surface area contributed by atoms with Crippen LogP contribution in [0.2, 0.25) is 0 Å². The number of anilines is 1. The van der Waals surface area contributed by atoms with Gasteiger partial charge in [0.2, 0.25) is 0 Å². The summed E-state index contributed by atoms with van der Waals surface area (Å²) in [5, 5.41) is 5.58. The Balaban J connectivity index is 1.29. The molecule has 2 aromatic carbocycles. The first-order chi connectivity index (χ1) is 17.5. The number of hydrogen-bond acceptors (Lipinski definition) is 7. The van der Waals surface area contributed by atoms with Crippen molar-refractivity contribution in [3.8, 4) is 5.75 Å². The standard InChI is InChI=1S/C26H27N5O5/c1-35-21-9-7-19(8-10-21)24(32)30-23-22(27-13-14-28-23)25(33)29-20-11-15-31(16-12-20)26(34)36-17-18-5-3-2-4-6-18/h2-10,13-14,20H,11-12,15-17H2,1H3,(H,29,33)(H,28,30,32). The second-order valence-electron chi connectivity index (χ2n) is 8.21. The van der Waals surface area contributed by atoms with Gasteiger partial charge in [0.25, 0.3) is 11.8 Å². The first-order valence-corrected chi connectivity index (χ1v) is 11.6. The molecule has 1 aliphatic rings. The molecule has 186 valence electrons. The Bertz CT molecular complexity index is 1190. The fourth-order valence-electron chi connectivity index (χ4n) is 3.79. The van der Waals surface area contributed by atoms with Crippen LogP contribution in [-0.4, -0.2) is 59.0 Å². The van der Waals surface area contributed by atoms with Crippen molar-refractivity contribution in [1.29, 1.82) is 0 Å². The van der Waals surface area contributed by atoms with Crippen LogP contribution in [0, 0.1) is 0 Å². The molecule has 36 heavy (non-hydrogen) atoms. The zero-order valence-corrected chi connectivity index (χ0v) is 19.8. The third kappa shape index (κ3) is 6.35. The van der Waals surface area contributed by atoms with Crippen molar-refractivity contribution < 1.29 is 23.9 Å². The zero-order chi connectivity index (χ0) is 25.3. The van der Waals surface area contributed by atoms with E-state index >= 15 is 0 Å². The third-order valence-corrected chi connectivity index (χ3v) is 5.79. The molecular weight excluding hydrogens is 462 g/mol. The summed E-state index contributed by atoms with van der Waals surface area (Å²) < 4.78 is 10.5. The van der Waals surface area contributed by atoms with Crippen LogP contribution in [-0.2, 0) is 11.3 Å². The summed E-state index contributed by atoms with van der Waals surface area (Å²) in [5.41, 5.74) is 1.33. The lowest BCUT2D eigenvalue weighted by Crippen LogP contribution is -2.47. The van der Waals surface area contributed by atoms with Gasteiger partial charge >= 0.3 is 6.09 Å². The molecule has 0 aliphatic carbocycles. The van der Waals surface area contributed by atoms with Gasteiger partial charge in [-0.25, -0.2) is 14.8 Å². The first kappa shape index (κ1) is 24.6. The molecule has 1 fully saturated rings. The van der Waals surface area contributed by atoms with Crippen LogP contribution in [0.1, 0.15) is 39.3 Å². The van der Waals surface area contributed by atoms with Gasteiger partial charge in [-0.15, -0.1) is 0 Å². The largest absolute Gasteiger partial charge is 0.497 e. The number of piperidine rings is 1. The number of amides is 3. The molecule has 3 amide bonds. The highest BCUT2D eigenvalue weighted by molar-refractivity contribution is 6.07. The minimum atomic E-state index is -0.446. The molecule has 0 saturated carbocycles. The van der Waals surface area contributed by atoms with E-state index in [2.05, 4.69) is 20.6 Å². The molecule has 0 bridgehead atoms. The maximum atomic E-state index is 12.9. The van der Waals surface area contributed by atoms with Crippen LogP contribution in [0.25, 0.3) is 0 Å². The topological polar surface area (TPSA) is 123 Å². The summed E-state index contributed by atoms with van der Waals surface area (Å²) >= 11 is 0. The van der Waals surface area contributed by atoms with E-state index in [9.17, 15) is 14.4 Å². The van der Waals surface area contributed by atoms with Crippen LogP contribution >= 0.6 is 0 Å². The van der Waals surface area contributed by atoms with Crippen LogP contribution in [0.5, 0.6) is 5.75 Å². The zero-order valence-electron chi connectivity index (χ0n) is 19.8. The molecular formula is C26H27N5O5. The van der Waals surface area contributed by atoms with E-state index in [0.717, 1.165) is 5.56 Å². The molecule has 4 rings (SSSR count). The summed E-state index contributed by atoms with van der Waals surface area (Å²) in [4.78, 5) is 47.8. The van der Waals surface area contributed by atoms with E-state index < -0.39 is 11.8 Å². The number of nitrogens with one attached hydrogen (secondary N) is 2. The average molecular weight is 490 g/mol. The van der Waals surface area contributed by atoms with Crippen molar-refractivity contribution in [2.75, 3.05) is 25.5 Å². The Labute approximate surface area is 208 Å². The van der Waals surface area contributed by atoms with Gasteiger partial charge in [-0.3, -0.25) is 9.59 Å². The van der Waals surface area contributed by atoms with Crippen LogP contribution in [0.15, 0.2) is 67.0 Å². The number of nitrogens with zero attached hydrogens (tertiary/aromatic N) is 3. The Morgan fingerprint density at radius 2 is 1.64 bits per heavy atom. The van der Waals surface area contributed by atoms with E-state index in [1.165, 1.54) is 12.4 Å². The van der Waals surface area contributed by atoms with Crippen LogP contribution < -0.4 is 15.4 Å². The maximum absolute atomic E-state index is 12.9. The minimum Gasteiger partial charge on any atom is -0.497 e. The molecule has 10 heteroatoms. The number of hydrogen-bond donors (Lipinski definition) is 2. The van der Waals surface area contributed by atoms with Crippen molar-refractivity contribution in [1.82, 2.24) is 20.2 Å². The Hall–Kier alpha value is -4.47. The van der Waals surface area contributed by atoms with Gasteiger partial charge in [0.1, 0.15) is 12.4 Å². The first-order valence-electron chi connectivity index (χ1n) is 11.6. The highest BCUT2D eigenvalue weighted by atomic mass is 16.6. The van der Waals surface area contributed by atoms with Gasteiger partial charge in [-0.2, -0.15) is 0 Å². The molecule has 1 aliphatic heterocycles. The second-order valence-corrected chi connectivity index (χ2v) is 8.21. The van der Waals surface area contributed by atoms with Crippen molar-refractivity contribution in [3.63, 3.8) is 0 Å². The third-order valence-electron chi connectivity index (χ3n) is 5.79. The van der Waals surface area contributed by atoms with E-state index in [1.807, 2.05) is 30.3 Å². The van der Waals surface area contributed by atoms with Gasteiger partial charge in [0.15, 0.2) is 11.5 Å². The molecule has 10 nitrogen and oxygen atoms in total. The molecule has 0 atom stereocenters. The summed E-state index contributed by atoms with van der Waals surface area (Å²) in [5.74, 6) is -0.174. The smallest absolute Gasteiger partial charge is 0.410 e. The molecule has 0 spiro atoms. The fraction of sp³-hybridized carbons (Fsp3) is 0.269. The monoisotopic (exact) mass is 489 g/mol. The second kappa shape index (κ2) is 11.8. The predicted octanol–water partition coefficient (Wildman–Crippen LogP) is 3.27. The van der Waals surface area contributed by atoms with Gasteiger partial charge in [0, 0.05) is 37.1 Å². The molecule has 1 saturated heterocycles. The van der Waals surface area contributed by atoms with Gasteiger partial charge in [0.05, 0.1) is 7.11 Å². The molecule has 1 aromatic heterocycles. The molecule has 3 aromatic rings. The Kier molecular flexibility index (Phi) is 8.07. The lowest BCUT2D eigenvalue weighted by Gasteiger charge is -2.31. The number of rotatable bonds is 7. The Morgan fingerprint density at radius 3 is 2.33 bits per heavy atom. The number of benzene rings is 2. The van der Waals surface area contributed by atoms with Crippen LogP contribution in [0.4, 0.5) is 10.6 Å². The molecule has 0 radical (unpaired) electrons. The summed E-state index contributed by atoms with van der Waals surface area (Å²) in [6.45, 7) is 1.13. The fourth-order valence-corrected chi connectivity index (χ4v) is 3.79. The van der Waals surface area contributed by atoms with Crippen molar-refractivity contribution in [2.45, 2.75) is 25.5 Å².